The molecule has 2 aliphatic heterocycles. The van der Waals surface area contributed by atoms with Gasteiger partial charge < -0.3 is 15.0 Å². The van der Waals surface area contributed by atoms with Crippen molar-refractivity contribution >= 4 is 17.5 Å². The number of nitrogens with one attached hydrogen (secondary N) is 1. The van der Waals surface area contributed by atoms with E-state index in [2.05, 4.69) is 28.8 Å². The fraction of sp³-hybridized carbons (Fsp3) is 0.652. The molecule has 184 valence electrons. The molecule has 1 aromatic rings. The molecule has 1 aromatic carbocycles. The van der Waals surface area contributed by atoms with Gasteiger partial charge in [0.25, 0.3) is 0 Å². The molecule has 10 heteroatoms. The van der Waals surface area contributed by atoms with Crippen LogP contribution in [0.4, 0.5) is 18.9 Å². The van der Waals surface area contributed by atoms with Crippen molar-refractivity contribution in [3.05, 3.63) is 24.3 Å². The summed E-state index contributed by atoms with van der Waals surface area (Å²) in [5, 5.41) is 2.69. The lowest BCUT2D eigenvalue weighted by molar-refractivity contribution is -0.274. The van der Waals surface area contributed by atoms with E-state index >= 15 is 0 Å². The predicted octanol–water partition coefficient (Wildman–Crippen LogP) is 3.32. The highest BCUT2D eigenvalue weighted by molar-refractivity contribution is 5.92. The Kier molecular flexibility index (Phi) is 8.23. The highest BCUT2D eigenvalue weighted by Crippen LogP contribution is 2.25. The van der Waals surface area contributed by atoms with Gasteiger partial charge in [-0.05, 0) is 64.3 Å². The molecule has 2 fully saturated rings. The number of amides is 2. The second-order valence-corrected chi connectivity index (χ2v) is 8.98. The van der Waals surface area contributed by atoms with Gasteiger partial charge in [0.2, 0.25) is 11.8 Å². The van der Waals surface area contributed by atoms with Crippen molar-refractivity contribution in [1.29, 1.82) is 0 Å². The molecule has 2 heterocycles. The SMILES string of the molecule is CC(C(=O)N1C(C)CCCC1C)N1CCN(CC(=O)Nc2ccc(OC(F)(F)F)cc2)CC1. The fourth-order valence-electron chi connectivity index (χ4n) is 4.68. The molecule has 0 saturated carbocycles. The summed E-state index contributed by atoms with van der Waals surface area (Å²) in [7, 11) is 0. The summed E-state index contributed by atoms with van der Waals surface area (Å²) in [6.45, 7) is 9.09. The number of benzene rings is 1. The average molecular weight is 471 g/mol. The lowest BCUT2D eigenvalue weighted by atomic mass is 9.96. The van der Waals surface area contributed by atoms with Crippen molar-refractivity contribution in [3.8, 4) is 5.75 Å². The fourth-order valence-corrected chi connectivity index (χ4v) is 4.68. The number of nitrogens with zero attached hydrogens (tertiary/aromatic N) is 3. The topological polar surface area (TPSA) is 65.1 Å². The zero-order valence-corrected chi connectivity index (χ0v) is 19.4. The van der Waals surface area contributed by atoms with Crippen LogP contribution in [0.25, 0.3) is 0 Å². The number of carbonyl (C=O) groups excluding carboxylic acids is 2. The summed E-state index contributed by atoms with van der Waals surface area (Å²) < 4.78 is 40.6. The van der Waals surface area contributed by atoms with E-state index in [1.807, 2.05) is 16.7 Å². The van der Waals surface area contributed by atoms with Crippen molar-refractivity contribution in [2.75, 3.05) is 38.0 Å². The number of carbonyl (C=O) groups is 2. The first kappa shape index (κ1) is 25.3. The van der Waals surface area contributed by atoms with E-state index in [1.165, 1.54) is 12.1 Å². The smallest absolute Gasteiger partial charge is 0.406 e. The minimum absolute atomic E-state index is 0.178. The number of piperidine rings is 1. The summed E-state index contributed by atoms with van der Waals surface area (Å²) >= 11 is 0. The Morgan fingerprint density at radius 1 is 1.06 bits per heavy atom. The van der Waals surface area contributed by atoms with E-state index in [-0.39, 0.29) is 42.2 Å². The van der Waals surface area contributed by atoms with E-state index < -0.39 is 6.36 Å². The monoisotopic (exact) mass is 470 g/mol. The number of hydrogen-bond donors (Lipinski definition) is 1. The van der Waals surface area contributed by atoms with Crippen LogP contribution in [-0.4, -0.2) is 83.7 Å². The third-order valence-corrected chi connectivity index (χ3v) is 6.50. The van der Waals surface area contributed by atoms with Crippen LogP contribution in [-0.2, 0) is 9.59 Å². The van der Waals surface area contributed by atoms with Crippen LogP contribution in [0.3, 0.4) is 0 Å². The molecule has 1 N–H and O–H groups in total. The number of rotatable bonds is 6. The summed E-state index contributed by atoms with van der Waals surface area (Å²) in [6.07, 6.45) is -1.50. The maximum absolute atomic E-state index is 13.1. The molecule has 3 rings (SSSR count). The molecular formula is C23H33F3N4O3. The molecule has 0 aromatic heterocycles. The molecule has 33 heavy (non-hydrogen) atoms. The number of halogens is 3. The maximum Gasteiger partial charge on any atom is 0.573 e. The largest absolute Gasteiger partial charge is 0.573 e. The molecule has 0 bridgehead atoms. The van der Waals surface area contributed by atoms with Gasteiger partial charge in [0.15, 0.2) is 0 Å². The van der Waals surface area contributed by atoms with Gasteiger partial charge in [0.1, 0.15) is 5.75 Å². The van der Waals surface area contributed by atoms with Gasteiger partial charge in [0.05, 0.1) is 12.6 Å². The molecule has 0 spiro atoms. The van der Waals surface area contributed by atoms with Crippen LogP contribution < -0.4 is 10.1 Å². The van der Waals surface area contributed by atoms with Crippen LogP contribution in [0.2, 0.25) is 0 Å². The second kappa shape index (κ2) is 10.7. The van der Waals surface area contributed by atoms with E-state index in [0.29, 0.717) is 31.9 Å². The van der Waals surface area contributed by atoms with Crippen LogP contribution in [0.1, 0.15) is 40.0 Å². The normalized spacial score (nSPS) is 23.8. The van der Waals surface area contributed by atoms with E-state index in [9.17, 15) is 22.8 Å². The zero-order valence-electron chi connectivity index (χ0n) is 19.4. The summed E-state index contributed by atoms with van der Waals surface area (Å²) in [5.74, 6) is -0.402. The lowest BCUT2D eigenvalue weighted by Gasteiger charge is -2.44. The second-order valence-electron chi connectivity index (χ2n) is 8.98. The van der Waals surface area contributed by atoms with Gasteiger partial charge in [-0.25, -0.2) is 0 Å². The Labute approximate surface area is 192 Å². The Morgan fingerprint density at radius 2 is 1.64 bits per heavy atom. The first-order valence-corrected chi connectivity index (χ1v) is 11.5. The molecule has 2 saturated heterocycles. The molecule has 2 amide bonds. The van der Waals surface area contributed by atoms with Crippen molar-refractivity contribution in [2.45, 2.75) is 64.5 Å². The molecule has 3 unspecified atom stereocenters. The van der Waals surface area contributed by atoms with Crippen LogP contribution in [0.5, 0.6) is 5.75 Å². The Hall–Kier alpha value is -2.33. The first-order chi connectivity index (χ1) is 15.5. The van der Waals surface area contributed by atoms with Crippen molar-refractivity contribution in [3.63, 3.8) is 0 Å². The van der Waals surface area contributed by atoms with Crippen LogP contribution >= 0.6 is 0 Å². The third kappa shape index (κ3) is 7.07. The number of ether oxygens (including phenoxy) is 1. The van der Waals surface area contributed by atoms with Gasteiger partial charge in [-0.1, -0.05) is 0 Å². The van der Waals surface area contributed by atoms with E-state index in [0.717, 1.165) is 31.4 Å². The molecular weight excluding hydrogens is 437 g/mol. The minimum atomic E-state index is -4.75. The molecule has 3 atom stereocenters. The number of anilines is 1. The summed E-state index contributed by atoms with van der Waals surface area (Å²) in [5.41, 5.74) is 0.400. The van der Waals surface area contributed by atoms with Gasteiger partial charge in [-0.15, -0.1) is 13.2 Å². The van der Waals surface area contributed by atoms with E-state index in [1.54, 1.807) is 0 Å². The van der Waals surface area contributed by atoms with Gasteiger partial charge in [-0.3, -0.25) is 19.4 Å². The molecule has 7 nitrogen and oxygen atoms in total. The summed E-state index contributed by atoms with van der Waals surface area (Å²) in [6, 6.07) is 5.39. The Balaban J connectivity index is 1.44. The van der Waals surface area contributed by atoms with Gasteiger partial charge in [0, 0.05) is 44.0 Å². The molecule has 2 aliphatic rings. The van der Waals surface area contributed by atoms with Crippen LogP contribution in [0, 0.1) is 0 Å². The molecule has 0 radical (unpaired) electrons. The third-order valence-electron chi connectivity index (χ3n) is 6.50. The standard InChI is InChI=1S/C23H33F3N4O3/c1-16-5-4-6-17(2)30(16)22(32)18(3)29-13-11-28(12-14-29)15-21(31)27-19-7-9-20(10-8-19)33-23(24,25)26/h7-10,16-18H,4-6,11-15H2,1-3H3,(H,27,31). The Bertz CT molecular complexity index is 800. The first-order valence-electron chi connectivity index (χ1n) is 11.5. The highest BCUT2D eigenvalue weighted by atomic mass is 19.4. The number of piperazine rings is 1. The van der Waals surface area contributed by atoms with Crippen molar-refractivity contribution in [1.82, 2.24) is 14.7 Å². The quantitative estimate of drug-likeness (QED) is 0.691. The minimum Gasteiger partial charge on any atom is -0.406 e. The highest BCUT2D eigenvalue weighted by Gasteiger charge is 2.35. The Morgan fingerprint density at radius 3 is 2.18 bits per heavy atom. The predicted molar refractivity (Wildman–Crippen MR) is 119 cm³/mol. The average Bonchev–Trinajstić information content (AvgIpc) is 2.74. The van der Waals surface area contributed by atoms with Crippen molar-refractivity contribution < 1.29 is 27.5 Å². The number of hydrogen-bond acceptors (Lipinski definition) is 5. The zero-order chi connectivity index (χ0) is 24.2. The maximum atomic E-state index is 13.1. The number of alkyl halides is 3. The number of likely N-dealkylation sites (tertiary alicyclic amines) is 1. The lowest BCUT2D eigenvalue weighted by Crippen LogP contribution is -2.58. The van der Waals surface area contributed by atoms with Crippen molar-refractivity contribution in [2.24, 2.45) is 0 Å². The van der Waals surface area contributed by atoms with Crippen LogP contribution in [0.15, 0.2) is 24.3 Å². The van der Waals surface area contributed by atoms with E-state index in [4.69, 9.17) is 0 Å². The summed E-state index contributed by atoms with van der Waals surface area (Å²) in [4.78, 5) is 31.7. The molecule has 0 aliphatic carbocycles. The van der Waals surface area contributed by atoms with Gasteiger partial charge in [-0.2, -0.15) is 0 Å². The van der Waals surface area contributed by atoms with Gasteiger partial charge >= 0.3 is 6.36 Å².